The molecule has 0 fully saturated rings. The first-order chi connectivity index (χ1) is 5.34. The Kier molecular flexibility index (Phi) is 3.17. The van der Waals surface area contributed by atoms with Gasteiger partial charge in [0.1, 0.15) is 6.10 Å². The molecule has 1 aliphatic rings. The van der Waals surface area contributed by atoms with Crippen LogP contribution in [-0.2, 0) is 4.74 Å². The van der Waals surface area contributed by atoms with Gasteiger partial charge in [0.05, 0.1) is 12.4 Å². The molecule has 0 saturated carbocycles. The van der Waals surface area contributed by atoms with Crippen LogP contribution >= 0.6 is 0 Å². The Balaban J connectivity index is 2.33. The van der Waals surface area contributed by atoms with E-state index >= 15 is 0 Å². The van der Waals surface area contributed by atoms with E-state index in [0.717, 1.165) is 12.8 Å². The molecule has 0 aliphatic carbocycles. The molecule has 1 rings (SSSR count). The van der Waals surface area contributed by atoms with Crippen LogP contribution in [0.2, 0.25) is 0 Å². The number of rotatable bonds is 3. The van der Waals surface area contributed by atoms with Gasteiger partial charge in [-0.1, -0.05) is 6.08 Å². The van der Waals surface area contributed by atoms with Crippen LogP contribution in [0.5, 0.6) is 0 Å². The van der Waals surface area contributed by atoms with E-state index < -0.39 is 6.10 Å². The van der Waals surface area contributed by atoms with Gasteiger partial charge in [0, 0.05) is 0 Å². The molecule has 2 unspecified atom stereocenters. The van der Waals surface area contributed by atoms with E-state index in [1.165, 1.54) is 0 Å². The fraction of sp³-hybridized carbons (Fsp3) is 0.556. The maximum absolute atomic E-state index is 9.44. The average Bonchev–Trinajstić information content (AvgIpc) is 2.07. The summed E-state index contributed by atoms with van der Waals surface area (Å²) in [5.41, 5.74) is 0. The number of aliphatic hydroxyl groups is 1. The fourth-order valence-corrected chi connectivity index (χ4v) is 1.16. The molecule has 0 aromatic rings. The lowest BCUT2D eigenvalue weighted by Gasteiger charge is -2.23. The highest BCUT2D eigenvalue weighted by Gasteiger charge is 2.19. The highest BCUT2D eigenvalue weighted by molar-refractivity contribution is 4.87. The van der Waals surface area contributed by atoms with Gasteiger partial charge in [-0.2, -0.15) is 0 Å². The van der Waals surface area contributed by atoms with E-state index in [2.05, 4.69) is 6.58 Å². The molecule has 2 atom stereocenters. The number of ether oxygens (including phenoxy) is 1. The van der Waals surface area contributed by atoms with Crippen molar-refractivity contribution in [2.24, 2.45) is 0 Å². The minimum atomic E-state index is -0.391. The molecule has 0 radical (unpaired) electrons. The first kappa shape index (κ1) is 8.34. The minimum absolute atomic E-state index is 0.0296. The Morgan fingerprint density at radius 1 is 1.82 bits per heavy atom. The summed E-state index contributed by atoms with van der Waals surface area (Å²) in [5, 5.41) is 9.44. The highest BCUT2D eigenvalue weighted by Crippen LogP contribution is 2.15. The quantitative estimate of drug-likeness (QED) is 0.626. The van der Waals surface area contributed by atoms with Crippen molar-refractivity contribution in [1.29, 1.82) is 0 Å². The number of allylic oxidation sites excluding steroid dienone is 1. The maximum Gasteiger partial charge on any atom is 0.124 e. The van der Waals surface area contributed by atoms with Crippen LogP contribution in [0, 0.1) is 0 Å². The third-order valence-electron chi connectivity index (χ3n) is 1.80. The lowest BCUT2D eigenvalue weighted by Crippen LogP contribution is -2.28. The zero-order valence-electron chi connectivity index (χ0n) is 6.57. The molecule has 0 bridgehead atoms. The van der Waals surface area contributed by atoms with Gasteiger partial charge in [-0.25, -0.2) is 0 Å². The van der Waals surface area contributed by atoms with Gasteiger partial charge in [0.2, 0.25) is 0 Å². The highest BCUT2D eigenvalue weighted by atomic mass is 16.5. The second-order valence-electron chi connectivity index (χ2n) is 2.72. The van der Waals surface area contributed by atoms with Gasteiger partial charge < -0.3 is 9.84 Å². The lowest BCUT2D eigenvalue weighted by atomic mass is 10.0. The average molecular weight is 154 g/mol. The number of aliphatic hydroxyl groups excluding tert-OH is 1. The molecular weight excluding hydrogens is 140 g/mol. The SMILES string of the molecule is C=CCC(O)C1CCC=CO1. The van der Waals surface area contributed by atoms with E-state index in [4.69, 9.17) is 4.74 Å². The van der Waals surface area contributed by atoms with E-state index in [1.54, 1.807) is 12.3 Å². The summed E-state index contributed by atoms with van der Waals surface area (Å²) in [4.78, 5) is 0. The first-order valence-electron chi connectivity index (χ1n) is 3.94. The van der Waals surface area contributed by atoms with Crippen LogP contribution in [0.1, 0.15) is 19.3 Å². The number of hydrogen-bond acceptors (Lipinski definition) is 2. The van der Waals surface area contributed by atoms with Crippen molar-refractivity contribution >= 4 is 0 Å². The van der Waals surface area contributed by atoms with Crippen molar-refractivity contribution in [2.45, 2.75) is 31.5 Å². The van der Waals surface area contributed by atoms with Gasteiger partial charge in [-0.3, -0.25) is 0 Å². The Labute approximate surface area is 67.2 Å². The van der Waals surface area contributed by atoms with Crippen molar-refractivity contribution in [3.63, 3.8) is 0 Å². The molecule has 0 aromatic heterocycles. The molecule has 1 N–H and O–H groups in total. The molecule has 0 amide bonds. The molecule has 0 aromatic carbocycles. The summed E-state index contributed by atoms with van der Waals surface area (Å²) >= 11 is 0. The molecule has 2 nitrogen and oxygen atoms in total. The van der Waals surface area contributed by atoms with Gasteiger partial charge in [-0.15, -0.1) is 6.58 Å². The molecule has 11 heavy (non-hydrogen) atoms. The zero-order valence-corrected chi connectivity index (χ0v) is 6.57. The predicted octanol–water partition coefficient (Wildman–Crippen LogP) is 1.62. The smallest absolute Gasteiger partial charge is 0.124 e. The lowest BCUT2D eigenvalue weighted by molar-refractivity contribution is 0.000396. The van der Waals surface area contributed by atoms with Crippen molar-refractivity contribution in [3.05, 3.63) is 25.0 Å². The maximum atomic E-state index is 9.44. The molecule has 0 spiro atoms. The Hall–Kier alpha value is -0.760. The molecule has 2 heteroatoms. The van der Waals surface area contributed by atoms with Gasteiger partial charge in [0.15, 0.2) is 0 Å². The summed E-state index contributed by atoms with van der Waals surface area (Å²) in [6.45, 7) is 3.56. The van der Waals surface area contributed by atoms with Crippen LogP contribution < -0.4 is 0 Å². The number of hydrogen-bond donors (Lipinski definition) is 1. The monoisotopic (exact) mass is 154 g/mol. The summed E-state index contributed by atoms with van der Waals surface area (Å²) in [7, 11) is 0. The molecule has 0 saturated heterocycles. The second-order valence-corrected chi connectivity index (χ2v) is 2.72. The summed E-state index contributed by atoms with van der Waals surface area (Å²) < 4.78 is 5.21. The van der Waals surface area contributed by atoms with Crippen molar-refractivity contribution in [3.8, 4) is 0 Å². The summed E-state index contributed by atoms with van der Waals surface area (Å²) in [6.07, 6.45) is 7.45. The van der Waals surface area contributed by atoms with E-state index in [9.17, 15) is 5.11 Å². The van der Waals surface area contributed by atoms with Crippen LogP contribution in [0.15, 0.2) is 25.0 Å². The summed E-state index contributed by atoms with van der Waals surface area (Å²) in [6, 6.07) is 0. The van der Waals surface area contributed by atoms with Gasteiger partial charge in [0.25, 0.3) is 0 Å². The minimum Gasteiger partial charge on any atom is -0.496 e. The van der Waals surface area contributed by atoms with Crippen LogP contribution in [0.4, 0.5) is 0 Å². The third-order valence-corrected chi connectivity index (χ3v) is 1.80. The second kappa shape index (κ2) is 4.19. The van der Waals surface area contributed by atoms with Crippen LogP contribution in [-0.4, -0.2) is 17.3 Å². The van der Waals surface area contributed by atoms with Crippen molar-refractivity contribution < 1.29 is 9.84 Å². The van der Waals surface area contributed by atoms with E-state index in [1.807, 2.05) is 6.08 Å². The summed E-state index contributed by atoms with van der Waals surface area (Å²) in [5.74, 6) is 0. The van der Waals surface area contributed by atoms with Crippen LogP contribution in [0.25, 0.3) is 0 Å². The molecule has 1 aliphatic heterocycles. The Bertz CT molecular complexity index is 152. The molecule has 1 heterocycles. The standard InChI is InChI=1S/C9H14O2/c1-2-5-8(10)9-6-3-4-7-11-9/h2,4,7-10H,1,3,5-6H2. The first-order valence-corrected chi connectivity index (χ1v) is 3.94. The normalized spacial score (nSPS) is 25.7. The predicted molar refractivity (Wildman–Crippen MR) is 44.1 cm³/mol. The largest absolute Gasteiger partial charge is 0.496 e. The van der Waals surface area contributed by atoms with E-state index in [-0.39, 0.29) is 6.10 Å². The van der Waals surface area contributed by atoms with Crippen molar-refractivity contribution in [2.75, 3.05) is 0 Å². The Morgan fingerprint density at radius 2 is 2.64 bits per heavy atom. The Morgan fingerprint density at radius 3 is 3.18 bits per heavy atom. The third kappa shape index (κ3) is 2.39. The van der Waals surface area contributed by atoms with Gasteiger partial charge in [-0.05, 0) is 25.3 Å². The molecule has 62 valence electrons. The fourth-order valence-electron chi connectivity index (χ4n) is 1.16. The topological polar surface area (TPSA) is 29.5 Å². The van der Waals surface area contributed by atoms with Crippen LogP contribution in [0.3, 0.4) is 0 Å². The molecular formula is C9H14O2. The van der Waals surface area contributed by atoms with Crippen molar-refractivity contribution in [1.82, 2.24) is 0 Å². The zero-order chi connectivity index (χ0) is 8.10. The van der Waals surface area contributed by atoms with E-state index in [0.29, 0.717) is 6.42 Å². The van der Waals surface area contributed by atoms with Gasteiger partial charge >= 0.3 is 0 Å².